The number of methoxy groups -OCH3 is 2. The van der Waals surface area contributed by atoms with E-state index in [0.29, 0.717) is 5.57 Å². The Morgan fingerprint density at radius 2 is 2.00 bits per heavy atom. The number of halogens is 2. The van der Waals surface area contributed by atoms with Crippen molar-refractivity contribution in [2.75, 3.05) is 20.0 Å². The van der Waals surface area contributed by atoms with E-state index >= 15 is 0 Å². The molecule has 0 aromatic heterocycles. The molecule has 24 heavy (non-hydrogen) atoms. The van der Waals surface area contributed by atoms with Crippen molar-refractivity contribution in [3.8, 4) is 0 Å². The number of carbonyl (C=O) groups is 1. The first-order valence-corrected chi connectivity index (χ1v) is 9.75. The van der Waals surface area contributed by atoms with Crippen LogP contribution in [0.25, 0.3) is 0 Å². The van der Waals surface area contributed by atoms with Gasteiger partial charge in [0, 0.05) is 19.1 Å². The van der Waals surface area contributed by atoms with Gasteiger partial charge in [-0.2, -0.15) is 0 Å². The average molecular weight is 436 g/mol. The van der Waals surface area contributed by atoms with Crippen LogP contribution in [-0.2, 0) is 24.1 Å². The monoisotopic (exact) mass is 434 g/mol. The van der Waals surface area contributed by atoms with Crippen LogP contribution in [0.15, 0.2) is 52.5 Å². The maximum absolute atomic E-state index is 12.7. The zero-order chi connectivity index (χ0) is 18.0. The van der Waals surface area contributed by atoms with E-state index in [-0.39, 0.29) is 27.7 Å². The molecule has 1 unspecified atom stereocenters. The van der Waals surface area contributed by atoms with Crippen LogP contribution in [0.2, 0.25) is 5.02 Å². The van der Waals surface area contributed by atoms with Crippen LogP contribution in [0.3, 0.4) is 0 Å². The molecule has 0 N–H and O–H groups in total. The van der Waals surface area contributed by atoms with Crippen LogP contribution in [0.4, 0.5) is 0 Å². The first-order valence-electron chi connectivity index (χ1n) is 6.93. The van der Waals surface area contributed by atoms with Gasteiger partial charge in [-0.3, -0.25) is 0 Å². The SMILES string of the molecule is COC(=O)C1=C(CS(=O)(=O)c2ccccc2Cl)C=CC(Br)(OC)C1. The van der Waals surface area contributed by atoms with Crippen molar-refractivity contribution in [3.63, 3.8) is 0 Å². The Balaban J connectivity index is 2.44. The summed E-state index contributed by atoms with van der Waals surface area (Å²) >= 11 is 9.36. The molecule has 0 spiro atoms. The maximum Gasteiger partial charge on any atom is 0.334 e. The number of sulfone groups is 1. The van der Waals surface area contributed by atoms with Gasteiger partial charge in [-0.05, 0) is 39.7 Å². The number of rotatable bonds is 5. The van der Waals surface area contributed by atoms with Crippen molar-refractivity contribution in [3.05, 3.63) is 52.6 Å². The number of hydrogen-bond donors (Lipinski definition) is 0. The quantitative estimate of drug-likeness (QED) is 0.524. The zero-order valence-corrected chi connectivity index (χ0v) is 16.2. The fourth-order valence-electron chi connectivity index (χ4n) is 2.32. The average Bonchev–Trinajstić information content (AvgIpc) is 2.56. The van der Waals surface area contributed by atoms with Gasteiger partial charge in [0.25, 0.3) is 0 Å². The van der Waals surface area contributed by atoms with Crippen molar-refractivity contribution in [2.45, 2.75) is 15.8 Å². The van der Waals surface area contributed by atoms with Gasteiger partial charge >= 0.3 is 5.97 Å². The summed E-state index contributed by atoms with van der Waals surface area (Å²) in [4.78, 5) is 12.1. The highest BCUT2D eigenvalue weighted by atomic mass is 79.9. The van der Waals surface area contributed by atoms with Gasteiger partial charge < -0.3 is 9.47 Å². The molecular formula is C16H16BrClO5S. The Hall–Kier alpha value is -1.15. The third kappa shape index (κ3) is 4.08. The van der Waals surface area contributed by atoms with Crippen LogP contribution >= 0.6 is 27.5 Å². The molecule has 1 aliphatic carbocycles. The van der Waals surface area contributed by atoms with Crippen molar-refractivity contribution in [1.29, 1.82) is 0 Å². The van der Waals surface area contributed by atoms with E-state index in [1.54, 1.807) is 24.3 Å². The third-order valence-corrected chi connectivity index (χ3v) is 6.65. The van der Waals surface area contributed by atoms with E-state index in [2.05, 4.69) is 15.9 Å². The lowest BCUT2D eigenvalue weighted by Crippen LogP contribution is -2.28. The van der Waals surface area contributed by atoms with Gasteiger partial charge in [-0.1, -0.05) is 29.8 Å². The van der Waals surface area contributed by atoms with E-state index in [1.165, 1.54) is 26.4 Å². The molecule has 1 atom stereocenters. The highest BCUT2D eigenvalue weighted by molar-refractivity contribution is 9.10. The zero-order valence-electron chi connectivity index (χ0n) is 13.1. The summed E-state index contributed by atoms with van der Waals surface area (Å²) in [7, 11) is -0.982. The normalized spacial score (nSPS) is 21.0. The van der Waals surface area contributed by atoms with E-state index in [4.69, 9.17) is 21.1 Å². The van der Waals surface area contributed by atoms with E-state index in [9.17, 15) is 13.2 Å². The van der Waals surface area contributed by atoms with E-state index in [0.717, 1.165) is 0 Å². The highest BCUT2D eigenvalue weighted by Crippen LogP contribution is 2.36. The predicted molar refractivity (Wildman–Crippen MR) is 95.0 cm³/mol. The number of carbonyl (C=O) groups excluding carboxylic acids is 1. The molecular weight excluding hydrogens is 420 g/mol. The molecule has 0 radical (unpaired) electrons. The van der Waals surface area contributed by atoms with Crippen LogP contribution < -0.4 is 0 Å². The second-order valence-corrected chi connectivity index (χ2v) is 8.89. The summed E-state index contributed by atoms with van der Waals surface area (Å²) in [6.45, 7) is 0. The lowest BCUT2D eigenvalue weighted by molar-refractivity contribution is -0.136. The van der Waals surface area contributed by atoms with Gasteiger partial charge in [0.1, 0.15) is 4.51 Å². The van der Waals surface area contributed by atoms with Gasteiger partial charge in [0.05, 0.1) is 22.8 Å². The van der Waals surface area contributed by atoms with Crippen LogP contribution in [0, 0.1) is 0 Å². The molecule has 0 heterocycles. The number of ether oxygens (including phenoxy) is 2. The minimum Gasteiger partial charge on any atom is -0.466 e. The summed E-state index contributed by atoms with van der Waals surface area (Å²) in [5.41, 5.74) is 0.600. The molecule has 0 bridgehead atoms. The molecule has 0 saturated carbocycles. The van der Waals surface area contributed by atoms with Gasteiger partial charge in [0.15, 0.2) is 9.84 Å². The molecule has 1 aliphatic rings. The molecule has 8 heteroatoms. The first kappa shape index (κ1) is 19.2. The van der Waals surface area contributed by atoms with E-state index < -0.39 is 20.3 Å². The van der Waals surface area contributed by atoms with Crippen LogP contribution in [0.1, 0.15) is 6.42 Å². The number of hydrogen-bond acceptors (Lipinski definition) is 5. The molecule has 0 fully saturated rings. The molecule has 2 rings (SSSR count). The van der Waals surface area contributed by atoms with Crippen molar-refractivity contribution in [1.82, 2.24) is 0 Å². The third-order valence-electron chi connectivity index (χ3n) is 3.63. The molecule has 0 aliphatic heterocycles. The molecule has 0 amide bonds. The molecule has 1 aromatic rings. The van der Waals surface area contributed by atoms with Crippen LogP contribution in [0.5, 0.6) is 0 Å². The van der Waals surface area contributed by atoms with Gasteiger partial charge in [-0.15, -0.1) is 0 Å². The van der Waals surface area contributed by atoms with Crippen LogP contribution in [-0.4, -0.2) is 38.9 Å². The summed E-state index contributed by atoms with van der Waals surface area (Å²) in [6, 6.07) is 6.19. The molecule has 130 valence electrons. The predicted octanol–water partition coefficient (Wildman–Crippen LogP) is 3.28. The number of benzene rings is 1. The van der Waals surface area contributed by atoms with Crippen molar-refractivity contribution >= 4 is 43.3 Å². The smallest absolute Gasteiger partial charge is 0.334 e. The summed E-state index contributed by atoms with van der Waals surface area (Å²) in [5.74, 6) is -0.950. The number of allylic oxidation sites excluding steroid dienone is 1. The van der Waals surface area contributed by atoms with Gasteiger partial charge in [0.2, 0.25) is 0 Å². The van der Waals surface area contributed by atoms with E-state index in [1.807, 2.05) is 0 Å². The number of alkyl halides is 1. The second-order valence-electron chi connectivity index (χ2n) is 5.19. The molecule has 1 aromatic carbocycles. The van der Waals surface area contributed by atoms with Crippen molar-refractivity contribution in [2.24, 2.45) is 0 Å². The Morgan fingerprint density at radius 1 is 1.33 bits per heavy atom. The number of esters is 1. The minimum absolute atomic E-state index is 0.0270. The standard InChI is InChI=1S/C16H16BrClO5S/c1-22-15(19)12-9-16(17,23-2)8-7-11(12)10-24(20,21)14-6-4-3-5-13(14)18/h3-8H,9-10H2,1-2H3. The van der Waals surface area contributed by atoms with Gasteiger partial charge in [-0.25, -0.2) is 13.2 Å². The first-order chi connectivity index (χ1) is 11.2. The Bertz CT molecular complexity index is 816. The Kier molecular flexibility index (Phi) is 5.91. The maximum atomic E-state index is 12.7. The molecule has 0 saturated heterocycles. The summed E-state index contributed by atoms with van der Waals surface area (Å²) in [6.07, 6.45) is 3.37. The highest BCUT2D eigenvalue weighted by Gasteiger charge is 2.34. The second kappa shape index (κ2) is 7.39. The Morgan fingerprint density at radius 3 is 2.58 bits per heavy atom. The summed E-state index contributed by atoms with van der Waals surface area (Å²) in [5, 5.41) is 0.143. The fourth-order valence-corrected chi connectivity index (χ4v) is 4.71. The minimum atomic E-state index is -3.71. The fraction of sp³-hybridized carbons (Fsp3) is 0.312. The topological polar surface area (TPSA) is 69.7 Å². The molecule has 5 nitrogen and oxygen atoms in total. The Labute approximate surface area is 154 Å². The van der Waals surface area contributed by atoms with Crippen molar-refractivity contribution < 1.29 is 22.7 Å². The largest absolute Gasteiger partial charge is 0.466 e. The lowest BCUT2D eigenvalue weighted by Gasteiger charge is -2.27. The lowest BCUT2D eigenvalue weighted by atomic mass is 9.96. The summed E-state index contributed by atoms with van der Waals surface area (Å²) < 4.78 is 34.5.